The van der Waals surface area contributed by atoms with Crippen LogP contribution < -0.4 is 4.90 Å². The first-order valence-electron chi connectivity index (χ1n) is 13.2. The molecule has 36 heavy (non-hydrogen) atoms. The van der Waals surface area contributed by atoms with Gasteiger partial charge in [-0.05, 0) is 85.6 Å². The number of carbonyl (C=O) groups excluding carboxylic acids is 1. The first-order valence-corrected chi connectivity index (χ1v) is 14.0. The first kappa shape index (κ1) is 22.3. The van der Waals surface area contributed by atoms with Gasteiger partial charge in [-0.3, -0.25) is 4.79 Å². The van der Waals surface area contributed by atoms with Crippen LogP contribution in [0.1, 0.15) is 55.6 Å². The number of nitriles is 2. The molecule has 0 amide bonds. The second-order valence-corrected chi connectivity index (χ2v) is 12.8. The number of halogens is 1. The van der Waals surface area contributed by atoms with Crippen LogP contribution in [0.25, 0.3) is 6.08 Å². The van der Waals surface area contributed by atoms with Crippen LogP contribution in [0.5, 0.6) is 0 Å². The molecule has 0 N–H and O–H groups in total. The molecule has 2 aliphatic heterocycles. The lowest BCUT2D eigenvalue weighted by Crippen LogP contribution is -2.56. The number of hydrogen-bond acceptors (Lipinski definition) is 4. The average molecular weight is 538 g/mol. The SMILES string of the molecule is N#CC1(C#N)[C@H](c2cccc(Br)c2)[C@@H](C(=O)C23CC4CC(CC(C4)C2)C3)N2c3ccccc3C=C[C@@H]21. The number of carbonyl (C=O) groups is 1. The van der Waals surface area contributed by atoms with Crippen molar-refractivity contribution in [2.24, 2.45) is 28.6 Å². The minimum Gasteiger partial charge on any atom is -0.351 e. The lowest BCUT2D eigenvalue weighted by Gasteiger charge is -2.57. The standard InChI is InChI=1S/C31H28BrN3O/c32-24-6-3-5-23(13-24)27-28(29(36)30-14-19-10-20(15-30)12-21(11-19)16-30)35-25-7-2-1-4-22(25)8-9-26(35)31(27,17-33)18-34/h1-9,13,19-21,26-28H,10-12,14-16H2/t19?,20?,21?,26-,27-,28+,30?/m1/s1. The van der Waals surface area contributed by atoms with Crippen molar-refractivity contribution in [2.75, 3.05) is 4.90 Å². The van der Waals surface area contributed by atoms with Crippen LogP contribution in [0.4, 0.5) is 5.69 Å². The zero-order valence-electron chi connectivity index (χ0n) is 20.1. The van der Waals surface area contributed by atoms with Crippen LogP contribution in [0.3, 0.4) is 0 Å². The fourth-order valence-corrected chi connectivity index (χ4v) is 9.45. The number of rotatable bonds is 3. The van der Waals surface area contributed by atoms with Crippen molar-refractivity contribution >= 4 is 33.5 Å². The monoisotopic (exact) mass is 537 g/mol. The number of benzene rings is 2. The maximum atomic E-state index is 15.1. The molecule has 0 aromatic heterocycles. The number of nitrogens with zero attached hydrogens (tertiary/aromatic N) is 3. The van der Waals surface area contributed by atoms with Crippen molar-refractivity contribution in [3.05, 3.63) is 70.2 Å². The van der Waals surface area contributed by atoms with Crippen LogP contribution >= 0.6 is 15.9 Å². The molecule has 0 unspecified atom stereocenters. The van der Waals surface area contributed by atoms with Crippen molar-refractivity contribution in [3.63, 3.8) is 0 Å². The van der Waals surface area contributed by atoms with E-state index in [0.717, 1.165) is 40.5 Å². The van der Waals surface area contributed by atoms with Crippen molar-refractivity contribution in [3.8, 4) is 12.1 Å². The fraction of sp³-hybridized carbons (Fsp3) is 0.452. The van der Waals surface area contributed by atoms with Crippen molar-refractivity contribution in [2.45, 2.75) is 56.5 Å². The van der Waals surface area contributed by atoms with Crippen LogP contribution in [-0.4, -0.2) is 17.9 Å². The maximum absolute atomic E-state index is 15.1. The average Bonchev–Trinajstić information content (AvgIpc) is 3.18. The van der Waals surface area contributed by atoms with Gasteiger partial charge in [0, 0.05) is 21.5 Å². The van der Waals surface area contributed by atoms with Gasteiger partial charge >= 0.3 is 0 Å². The summed E-state index contributed by atoms with van der Waals surface area (Å²) in [7, 11) is 0. The van der Waals surface area contributed by atoms with Crippen molar-refractivity contribution in [1.29, 1.82) is 10.5 Å². The van der Waals surface area contributed by atoms with Gasteiger partial charge in [-0.2, -0.15) is 10.5 Å². The van der Waals surface area contributed by atoms with E-state index in [9.17, 15) is 10.5 Å². The maximum Gasteiger partial charge on any atom is 0.176 e. The van der Waals surface area contributed by atoms with E-state index in [0.29, 0.717) is 17.8 Å². The molecular formula is C31H28BrN3O. The molecule has 4 bridgehead atoms. The fourth-order valence-electron chi connectivity index (χ4n) is 9.03. The third-order valence-corrected chi connectivity index (χ3v) is 10.4. The summed E-state index contributed by atoms with van der Waals surface area (Å²) in [6.07, 6.45) is 10.7. The van der Waals surface area contributed by atoms with E-state index in [2.05, 4.69) is 45.1 Å². The molecule has 180 valence electrons. The number of fused-ring (bicyclic) bond motifs is 3. The molecule has 2 aromatic rings. The highest BCUT2D eigenvalue weighted by Gasteiger charge is 2.66. The molecule has 2 aromatic carbocycles. The Balaban J connectivity index is 1.45. The van der Waals surface area contributed by atoms with Gasteiger partial charge in [-0.15, -0.1) is 0 Å². The molecule has 4 nitrogen and oxygen atoms in total. The summed E-state index contributed by atoms with van der Waals surface area (Å²) in [5.41, 5.74) is 1.19. The molecule has 4 aliphatic carbocycles. The summed E-state index contributed by atoms with van der Waals surface area (Å²) in [6.45, 7) is 0. The van der Waals surface area contributed by atoms with E-state index < -0.39 is 23.4 Å². The highest BCUT2D eigenvalue weighted by molar-refractivity contribution is 9.10. The lowest BCUT2D eigenvalue weighted by atomic mass is 9.47. The smallest absolute Gasteiger partial charge is 0.176 e. The summed E-state index contributed by atoms with van der Waals surface area (Å²) in [5.74, 6) is 1.67. The third kappa shape index (κ3) is 2.93. The normalized spacial score (nSPS) is 36.6. The third-order valence-electron chi connectivity index (χ3n) is 9.95. The summed E-state index contributed by atoms with van der Waals surface area (Å²) in [5, 5.41) is 21.4. The molecule has 6 aliphatic rings. The molecule has 8 rings (SSSR count). The Morgan fingerprint density at radius 1 is 0.944 bits per heavy atom. The summed E-state index contributed by atoms with van der Waals surface area (Å²) in [6, 6.07) is 19.9. The van der Waals surface area contributed by atoms with Gasteiger partial charge in [0.1, 0.15) is 0 Å². The van der Waals surface area contributed by atoms with E-state index in [1.54, 1.807) is 0 Å². The Hall–Kier alpha value is -2.89. The second-order valence-electron chi connectivity index (χ2n) is 11.9. The largest absolute Gasteiger partial charge is 0.351 e. The van der Waals surface area contributed by atoms with E-state index in [1.807, 2.05) is 48.6 Å². The second kappa shape index (κ2) is 7.80. The predicted octanol–water partition coefficient (Wildman–Crippen LogP) is 6.64. The van der Waals surface area contributed by atoms with Gasteiger partial charge in [0.2, 0.25) is 0 Å². The van der Waals surface area contributed by atoms with Crippen LogP contribution in [0, 0.1) is 51.2 Å². The molecule has 0 spiro atoms. The number of ketones is 1. The van der Waals surface area contributed by atoms with Crippen LogP contribution in [-0.2, 0) is 4.79 Å². The number of hydrogen-bond donors (Lipinski definition) is 0. The van der Waals surface area contributed by atoms with E-state index >= 15 is 4.79 Å². The first-order chi connectivity index (χ1) is 17.5. The van der Waals surface area contributed by atoms with E-state index in [4.69, 9.17) is 0 Å². The van der Waals surface area contributed by atoms with Crippen molar-refractivity contribution in [1.82, 2.24) is 0 Å². The molecular weight excluding hydrogens is 510 g/mol. The van der Waals surface area contributed by atoms with Gasteiger partial charge in [-0.1, -0.05) is 58.4 Å². The highest BCUT2D eigenvalue weighted by Crippen LogP contribution is 2.63. The van der Waals surface area contributed by atoms with Gasteiger partial charge in [-0.25, -0.2) is 0 Å². The molecule has 0 radical (unpaired) electrons. The Morgan fingerprint density at radius 3 is 2.25 bits per heavy atom. The van der Waals surface area contributed by atoms with Gasteiger partial charge in [0.15, 0.2) is 11.2 Å². The zero-order valence-corrected chi connectivity index (χ0v) is 21.7. The Labute approximate surface area is 220 Å². The number of anilines is 1. The van der Waals surface area contributed by atoms with Gasteiger partial charge < -0.3 is 4.90 Å². The predicted molar refractivity (Wildman–Crippen MR) is 142 cm³/mol. The molecule has 1 saturated heterocycles. The minimum absolute atomic E-state index is 0.272. The van der Waals surface area contributed by atoms with Crippen molar-refractivity contribution < 1.29 is 4.79 Å². The molecule has 5 fully saturated rings. The highest BCUT2D eigenvalue weighted by atomic mass is 79.9. The summed E-state index contributed by atoms with van der Waals surface area (Å²) >= 11 is 3.60. The molecule has 4 saturated carbocycles. The lowest BCUT2D eigenvalue weighted by molar-refractivity contribution is -0.145. The summed E-state index contributed by atoms with van der Waals surface area (Å²) in [4.78, 5) is 17.2. The molecule has 3 atom stereocenters. The topological polar surface area (TPSA) is 67.9 Å². The zero-order chi connectivity index (χ0) is 24.7. The van der Waals surface area contributed by atoms with Crippen LogP contribution in [0.2, 0.25) is 0 Å². The molecule has 2 heterocycles. The van der Waals surface area contributed by atoms with Crippen LogP contribution in [0.15, 0.2) is 59.1 Å². The number of para-hydroxylation sites is 1. The Kier molecular flexibility index (Phi) is 4.84. The van der Waals surface area contributed by atoms with E-state index in [-0.39, 0.29) is 11.2 Å². The Morgan fingerprint density at radius 2 is 1.61 bits per heavy atom. The minimum atomic E-state index is -1.37. The number of Topliss-reactive ketones (excluding diaryl/α,β-unsaturated/α-hetero) is 1. The molecule has 5 heteroatoms. The Bertz CT molecular complexity index is 1330. The van der Waals surface area contributed by atoms with Gasteiger partial charge in [0.25, 0.3) is 0 Å². The van der Waals surface area contributed by atoms with E-state index in [1.165, 1.54) is 19.3 Å². The van der Waals surface area contributed by atoms with Gasteiger partial charge in [0.05, 0.1) is 24.2 Å². The quantitative estimate of drug-likeness (QED) is 0.440. The summed E-state index contributed by atoms with van der Waals surface area (Å²) < 4.78 is 0.895.